The van der Waals surface area contributed by atoms with Crippen LogP contribution in [0.4, 0.5) is 0 Å². The van der Waals surface area contributed by atoms with E-state index in [9.17, 15) is 13.2 Å². The molecule has 1 aliphatic rings. The van der Waals surface area contributed by atoms with E-state index in [1.807, 2.05) is 30.3 Å². The minimum Gasteiger partial charge on any atom is -0.497 e. The Balaban J connectivity index is 1.58. The largest absolute Gasteiger partial charge is 0.497 e. The van der Waals surface area contributed by atoms with Crippen molar-refractivity contribution >= 4 is 22.0 Å². The summed E-state index contributed by atoms with van der Waals surface area (Å²) in [6.45, 7) is 0. The summed E-state index contributed by atoms with van der Waals surface area (Å²) in [4.78, 5) is 12.5. The van der Waals surface area contributed by atoms with Crippen molar-refractivity contribution in [3.63, 3.8) is 0 Å². The third-order valence-corrected chi connectivity index (χ3v) is 5.55. The van der Waals surface area contributed by atoms with E-state index in [-0.39, 0.29) is 27.9 Å². The highest BCUT2D eigenvalue weighted by Crippen LogP contribution is 2.35. The lowest BCUT2D eigenvalue weighted by atomic mass is 10.1. The molecule has 1 aliphatic heterocycles. The number of ketones is 1. The van der Waals surface area contributed by atoms with E-state index < -0.39 is 10.1 Å². The number of benzene rings is 3. The van der Waals surface area contributed by atoms with E-state index in [1.54, 1.807) is 6.08 Å². The topological polar surface area (TPSA) is 78.9 Å². The van der Waals surface area contributed by atoms with Crippen LogP contribution in [0.25, 0.3) is 6.08 Å². The average molecular weight is 408 g/mol. The number of Topliss-reactive ketones (excluding diaryl/α,β-unsaturated/α-hetero) is 1. The predicted octanol–water partition coefficient (Wildman–Crippen LogP) is 4.08. The fraction of sp³-hybridized carbons (Fsp3) is 0.0455. The van der Waals surface area contributed by atoms with E-state index in [1.165, 1.54) is 49.6 Å². The molecule has 6 nitrogen and oxygen atoms in total. The summed E-state index contributed by atoms with van der Waals surface area (Å²) in [5.74, 6) is 0.730. The van der Waals surface area contributed by atoms with Crippen LogP contribution in [-0.2, 0) is 10.1 Å². The van der Waals surface area contributed by atoms with Gasteiger partial charge in [0.1, 0.15) is 22.1 Å². The predicted molar refractivity (Wildman–Crippen MR) is 107 cm³/mol. The van der Waals surface area contributed by atoms with Gasteiger partial charge in [-0.3, -0.25) is 4.79 Å². The van der Waals surface area contributed by atoms with Crippen LogP contribution in [0.5, 0.6) is 17.2 Å². The van der Waals surface area contributed by atoms with E-state index in [2.05, 4.69) is 0 Å². The molecular formula is C22H16O6S. The van der Waals surface area contributed by atoms with Crippen molar-refractivity contribution in [1.29, 1.82) is 0 Å². The number of methoxy groups -OCH3 is 1. The molecule has 0 aliphatic carbocycles. The first-order valence-corrected chi connectivity index (χ1v) is 10.1. The first-order chi connectivity index (χ1) is 14.0. The Bertz CT molecular complexity index is 1200. The normalized spacial score (nSPS) is 14.4. The van der Waals surface area contributed by atoms with Crippen LogP contribution < -0.4 is 13.7 Å². The van der Waals surface area contributed by atoms with Crippen LogP contribution in [0.3, 0.4) is 0 Å². The minimum atomic E-state index is -4.04. The molecule has 0 atom stereocenters. The van der Waals surface area contributed by atoms with E-state index in [0.29, 0.717) is 11.3 Å². The molecule has 0 spiro atoms. The number of allylic oxidation sites excluding steroid dienone is 1. The van der Waals surface area contributed by atoms with Crippen molar-refractivity contribution in [2.24, 2.45) is 0 Å². The molecule has 0 fully saturated rings. The smallest absolute Gasteiger partial charge is 0.339 e. The zero-order valence-corrected chi connectivity index (χ0v) is 16.2. The van der Waals surface area contributed by atoms with Gasteiger partial charge in [0.15, 0.2) is 5.76 Å². The fourth-order valence-electron chi connectivity index (χ4n) is 2.84. The Hall–Kier alpha value is -3.58. The maximum atomic E-state index is 12.5. The van der Waals surface area contributed by atoms with Crippen LogP contribution >= 0.6 is 0 Å². The van der Waals surface area contributed by atoms with Gasteiger partial charge in [-0.1, -0.05) is 30.3 Å². The summed E-state index contributed by atoms with van der Waals surface area (Å²) < 4.78 is 40.8. The number of carbonyl (C=O) groups is 1. The highest BCUT2D eigenvalue weighted by Gasteiger charge is 2.28. The zero-order chi connectivity index (χ0) is 20.4. The minimum absolute atomic E-state index is 0.0135. The molecule has 3 aromatic carbocycles. The van der Waals surface area contributed by atoms with Crippen LogP contribution in [0.2, 0.25) is 0 Å². The standard InChI is InChI=1S/C22H16O6S/c1-26-16-7-10-18(11-8-16)29(24,25)28-17-9-12-19-20(14-17)27-21(22(19)23)13-15-5-3-2-4-6-15/h2-14H,1H3/b21-13-. The van der Waals surface area contributed by atoms with Gasteiger partial charge in [-0.05, 0) is 48.0 Å². The van der Waals surface area contributed by atoms with Crippen molar-refractivity contribution in [2.45, 2.75) is 4.90 Å². The maximum absolute atomic E-state index is 12.5. The molecule has 0 radical (unpaired) electrons. The van der Waals surface area contributed by atoms with Crippen LogP contribution in [0.15, 0.2) is 83.5 Å². The number of hydrogen-bond donors (Lipinski definition) is 0. The van der Waals surface area contributed by atoms with E-state index in [4.69, 9.17) is 13.7 Å². The highest BCUT2D eigenvalue weighted by atomic mass is 32.2. The molecule has 7 heteroatoms. The summed E-state index contributed by atoms with van der Waals surface area (Å²) in [6, 6.07) is 19.4. The Labute approximate surface area is 168 Å². The molecule has 0 unspecified atom stereocenters. The second-order valence-electron chi connectivity index (χ2n) is 6.22. The number of hydrogen-bond acceptors (Lipinski definition) is 6. The van der Waals surface area contributed by atoms with Crippen LogP contribution in [0, 0.1) is 0 Å². The Morgan fingerprint density at radius 1 is 0.897 bits per heavy atom. The third kappa shape index (κ3) is 3.86. The van der Waals surface area contributed by atoms with Gasteiger partial charge in [-0.15, -0.1) is 0 Å². The van der Waals surface area contributed by atoms with Crippen molar-refractivity contribution in [1.82, 2.24) is 0 Å². The van der Waals surface area contributed by atoms with Crippen molar-refractivity contribution in [3.8, 4) is 17.2 Å². The molecule has 0 N–H and O–H groups in total. The van der Waals surface area contributed by atoms with E-state index in [0.717, 1.165) is 5.56 Å². The molecule has 0 bridgehead atoms. The molecule has 1 heterocycles. The summed E-state index contributed by atoms with van der Waals surface area (Å²) in [5, 5.41) is 0. The van der Waals surface area contributed by atoms with Gasteiger partial charge in [0.25, 0.3) is 0 Å². The van der Waals surface area contributed by atoms with Gasteiger partial charge in [0, 0.05) is 6.07 Å². The monoisotopic (exact) mass is 408 g/mol. The van der Waals surface area contributed by atoms with Crippen molar-refractivity contribution < 1.29 is 26.9 Å². The quantitative estimate of drug-likeness (QED) is 0.468. The Morgan fingerprint density at radius 2 is 1.59 bits per heavy atom. The summed E-state index contributed by atoms with van der Waals surface area (Å²) in [6.07, 6.45) is 1.64. The van der Waals surface area contributed by atoms with Gasteiger partial charge >= 0.3 is 10.1 Å². The number of ether oxygens (including phenoxy) is 2. The Morgan fingerprint density at radius 3 is 2.28 bits per heavy atom. The lowest BCUT2D eigenvalue weighted by Gasteiger charge is -2.08. The number of fused-ring (bicyclic) bond motifs is 1. The van der Waals surface area contributed by atoms with Gasteiger partial charge < -0.3 is 13.7 Å². The maximum Gasteiger partial charge on any atom is 0.339 e. The second kappa shape index (κ2) is 7.44. The summed E-state index contributed by atoms with van der Waals surface area (Å²) in [5.41, 5.74) is 1.17. The fourth-order valence-corrected chi connectivity index (χ4v) is 3.76. The molecule has 4 rings (SSSR count). The van der Waals surface area contributed by atoms with Gasteiger partial charge in [0.05, 0.1) is 12.7 Å². The third-order valence-electron chi connectivity index (χ3n) is 4.29. The highest BCUT2D eigenvalue weighted by molar-refractivity contribution is 7.87. The molecule has 146 valence electrons. The molecule has 0 saturated heterocycles. The lowest BCUT2D eigenvalue weighted by Crippen LogP contribution is -2.09. The molecule has 29 heavy (non-hydrogen) atoms. The van der Waals surface area contributed by atoms with Crippen LogP contribution in [0.1, 0.15) is 15.9 Å². The second-order valence-corrected chi connectivity index (χ2v) is 7.77. The van der Waals surface area contributed by atoms with Gasteiger partial charge in [-0.2, -0.15) is 8.42 Å². The first-order valence-electron chi connectivity index (χ1n) is 8.68. The number of rotatable bonds is 5. The summed E-state index contributed by atoms with van der Waals surface area (Å²) in [7, 11) is -2.55. The SMILES string of the molecule is COc1ccc(S(=O)(=O)Oc2ccc3c(c2)O/C(=C\c2ccccc2)C3=O)cc1. The molecule has 0 saturated carbocycles. The lowest BCUT2D eigenvalue weighted by molar-refractivity contribution is 0.101. The molecule has 3 aromatic rings. The van der Waals surface area contributed by atoms with Crippen LogP contribution in [-0.4, -0.2) is 21.3 Å². The number of carbonyl (C=O) groups excluding carboxylic acids is 1. The van der Waals surface area contributed by atoms with Gasteiger partial charge in [-0.25, -0.2) is 0 Å². The molecular weight excluding hydrogens is 392 g/mol. The van der Waals surface area contributed by atoms with Crippen molar-refractivity contribution in [2.75, 3.05) is 7.11 Å². The molecule has 0 amide bonds. The van der Waals surface area contributed by atoms with E-state index >= 15 is 0 Å². The Kier molecular flexibility index (Phi) is 4.82. The zero-order valence-electron chi connectivity index (χ0n) is 15.4. The van der Waals surface area contributed by atoms with Gasteiger partial charge in [0.2, 0.25) is 5.78 Å². The summed E-state index contributed by atoms with van der Waals surface area (Å²) >= 11 is 0. The molecule has 0 aromatic heterocycles. The first kappa shape index (κ1) is 18.8. The average Bonchev–Trinajstić information content (AvgIpc) is 3.03. The van der Waals surface area contributed by atoms with Crippen molar-refractivity contribution in [3.05, 3.63) is 89.7 Å².